The number of aryl methyl sites for hydroxylation is 1. The van der Waals surface area contributed by atoms with Crippen LogP contribution in [0.15, 0.2) is 58.2 Å². The Hall–Kier alpha value is -4.77. The van der Waals surface area contributed by atoms with Gasteiger partial charge >= 0.3 is 6.03 Å². The van der Waals surface area contributed by atoms with Crippen molar-refractivity contribution >= 4 is 45.0 Å². The summed E-state index contributed by atoms with van der Waals surface area (Å²) in [5.74, 6) is -10.7. The van der Waals surface area contributed by atoms with Crippen LogP contribution in [0, 0.1) is 18.8 Å². The van der Waals surface area contributed by atoms with E-state index in [-0.39, 0.29) is 21.7 Å². The molecular weight excluding hydrogens is 624 g/mol. The molecule has 16 heteroatoms. The van der Waals surface area contributed by atoms with Gasteiger partial charge in [0.1, 0.15) is 22.8 Å². The van der Waals surface area contributed by atoms with Gasteiger partial charge in [0.25, 0.3) is 15.9 Å². The molecule has 2 aromatic rings. The number of benzene rings is 2. The third-order valence-corrected chi connectivity index (χ3v) is 10.3. The maximum absolute atomic E-state index is 14.1. The zero-order valence-electron chi connectivity index (χ0n) is 25.0. The molecule has 0 spiro atoms. The fourth-order valence-electron chi connectivity index (χ4n) is 6.76. The van der Waals surface area contributed by atoms with Gasteiger partial charge in [0.15, 0.2) is 11.4 Å². The van der Waals surface area contributed by atoms with Gasteiger partial charge in [0, 0.05) is 11.5 Å². The SMILES string of the molecule is Cc1ccc(S(=O)(=O)NC(=O)Nc2ccc3c(c2O)C(O)=C2C(=O)[C@@]4(O)C(O)=C(C(N)=O)C(=O)[C@H](N(C)C)[C@H]4[C@H](O)[C@H]2[C@@H]3C)cc1. The molecule has 3 amide bonds. The standard InChI is InChI=1S/C30H32N4O11S/c1-11-5-7-13(8-6-11)46(44,45)33-29(42)32-15-10-9-14-12(2)16-18(23(36)17(14)22(15)35)26(39)30(43)20(24(16)37)21(34(3)4)25(38)19(27(30)40)28(31)41/h5-10,12,16,20-21,24,35-37,40,43H,1-4H3,(H2,31,41)(H2,32,33,42)/t12-,16+,20+,21-,24-,30-/m1/s1. The number of aromatic hydroxyl groups is 1. The maximum atomic E-state index is 14.1. The molecule has 244 valence electrons. The van der Waals surface area contributed by atoms with Gasteiger partial charge in [-0.15, -0.1) is 0 Å². The summed E-state index contributed by atoms with van der Waals surface area (Å²) < 4.78 is 27.1. The lowest BCUT2D eigenvalue weighted by molar-refractivity contribution is -0.169. The number of nitrogens with one attached hydrogen (secondary N) is 2. The Labute approximate surface area is 262 Å². The summed E-state index contributed by atoms with van der Waals surface area (Å²) in [5.41, 5.74) is 0.803. The molecular formula is C30H32N4O11S. The lowest BCUT2D eigenvalue weighted by atomic mass is 9.54. The van der Waals surface area contributed by atoms with Gasteiger partial charge in [-0.2, -0.15) is 0 Å². The highest BCUT2D eigenvalue weighted by molar-refractivity contribution is 7.90. The Morgan fingerprint density at radius 1 is 1.02 bits per heavy atom. The number of hydrogen-bond donors (Lipinski definition) is 8. The lowest BCUT2D eigenvalue weighted by Gasteiger charge is -2.53. The third-order valence-electron chi connectivity index (χ3n) is 8.94. The first-order valence-electron chi connectivity index (χ1n) is 13.9. The van der Waals surface area contributed by atoms with Crippen LogP contribution in [0.1, 0.15) is 29.5 Å². The van der Waals surface area contributed by atoms with Crippen molar-refractivity contribution in [3.8, 4) is 5.75 Å². The summed E-state index contributed by atoms with van der Waals surface area (Å²) in [4.78, 5) is 53.3. The van der Waals surface area contributed by atoms with E-state index < -0.39 is 97.4 Å². The number of nitrogens with zero attached hydrogens (tertiary/aromatic N) is 1. The summed E-state index contributed by atoms with van der Waals surface area (Å²) >= 11 is 0. The van der Waals surface area contributed by atoms with Crippen molar-refractivity contribution in [2.45, 2.75) is 42.4 Å². The van der Waals surface area contributed by atoms with Crippen molar-refractivity contribution in [1.29, 1.82) is 0 Å². The second-order valence-corrected chi connectivity index (χ2v) is 13.5. The number of sulfonamides is 1. The number of rotatable bonds is 5. The first-order valence-corrected chi connectivity index (χ1v) is 15.4. The van der Waals surface area contributed by atoms with Crippen LogP contribution in [0.2, 0.25) is 0 Å². The van der Waals surface area contributed by atoms with E-state index in [4.69, 9.17) is 5.73 Å². The molecule has 9 N–H and O–H groups in total. The molecule has 3 aliphatic rings. The van der Waals surface area contributed by atoms with Gasteiger partial charge in [-0.05, 0) is 50.7 Å². The Morgan fingerprint density at radius 3 is 2.20 bits per heavy atom. The molecule has 46 heavy (non-hydrogen) atoms. The number of anilines is 1. The van der Waals surface area contributed by atoms with Gasteiger partial charge in [-0.1, -0.05) is 30.7 Å². The molecule has 0 aromatic heterocycles. The number of hydrogen-bond acceptors (Lipinski definition) is 12. The van der Waals surface area contributed by atoms with Crippen molar-refractivity contribution in [3.05, 3.63) is 70.0 Å². The summed E-state index contributed by atoms with van der Waals surface area (Å²) in [6.45, 7) is 3.29. The van der Waals surface area contributed by atoms with E-state index in [0.717, 1.165) is 5.56 Å². The number of carbonyl (C=O) groups excluding carboxylic acids is 4. The van der Waals surface area contributed by atoms with Gasteiger partial charge in [-0.25, -0.2) is 17.9 Å². The Morgan fingerprint density at radius 2 is 1.63 bits per heavy atom. The molecule has 0 saturated heterocycles. The average molecular weight is 657 g/mol. The predicted octanol–water partition coefficient (Wildman–Crippen LogP) is 0.315. The fourth-order valence-corrected chi connectivity index (χ4v) is 7.67. The van der Waals surface area contributed by atoms with Crippen LogP contribution in [-0.4, -0.2) is 94.2 Å². The average Bonchev–Trinajstić information content (AvgIpc) is 2.95. The molecule has 1 saturated carbocycles. The maximum Gasteiger partial charge on any atom is 0.333 e. The molecule has 0 aliphatic heterocycles. The number of aliphatic hydroxyl groups is 4. The summed E-state index contributed by atoms with van der Waals surface area (Å²) in [6, 6.07) is 5.48. The molecule has 1 fully saturated rings. The van der Waals surface area contributed by atoms with E-state index in [2.05, 4.69) is 5.32 Å². The van der Waals surface area contributed by atoms with Gasteiger partial charge in [-0.3, -0.25) is 19.3 Å². The minimum Gasteiger partial charge on any atom is -0.508 e. The van der Waals surface area contributed by atoms with E-state index >= 15 is 0 Å². The van der Waals surface area contributed by atoms with E-state index in [1.54, 1.807) is 13.8 Å². The van der Waals surface area contributed by atoms with Crippen molar-refractivity contribution in [2.75, 3.05) is 19.4 Å². The third kappa shape index (κ3) is 4.63. The number of urea groups is 1. The quantitative estimate of drug-likeness (QED) is 0.160. The summed E-state index contributed by atoms with van der Waals surface area (Å²) in [7, 11) is -1.51. The topological polar surface area (TPSA) is 257 Å². The summed E-state index contributed by atoms with van der Waals surface area (Å²) in [5, 5.41) is 59.2. The number of carbonyl (C=O) groups is 4. The second-order valence-electron chi connectivity index (χ2n) is 11.8. The van der Waals surface area contributed by atoms with Crippen molar-refractivity contribution in [2.24, 2.45) is 17.6 Å². The minimum atomic E-state index is -4.32. The highest BCUT2D eigenvalue weighted by Gasteiger charge is 2.68. The predicted molar refractivity (Wildman–Crippen MR) is 161 cm³/mol. The Kier molecular flexibility index (Phi) is 7.76. The monoisotopic (exact) mass is 656 g/mol. The van der Waals surface area contributed by atoms with Gasteiger partial charge < -0.3 is 36.6 Å². The van der Waals surface area contributed by atoms with E-state index in [9.17, 15) is 53.1 Å². The number of aliphatic hydroxyl groups excluding tert-OH is 3. The minimum absolute atomic E-state index is 0.195. The highest BCUT2D eigenvalue weighted by atomic mass is 32.2. The number of Topliss-reactive ketones (excluding diaryl/α,β-unsaturated/α-hetero) is 2. The number of phenols is 1. The molecule has 15 nitrogen and oxygen atoms in total. The van der Waals surface area contributed by atoms with Crippen LogP contribution < -0.4 is 15.8 Å². The zero-order chi connectivity index (χ0) is 34.2. The number of amides is 3. The number of nitrogens with two attached hydrogens (primary N) is 1. The molecule has 0 radical (unpaired) electrons. The van der Waals surface area contributed by atoms with Crippen LogP contribution in [0.3, 0.4) is 0 Å². The number of phenolic OH excluding ortho intramolecular Hbond substituents is 1. The van der Waals surface area contributed by atoms with Crippen molar-refractivity contribution in [3.63, 3.8) is 0 Å². The normalized spacial score (nSPS) is 27.6. The Bertz CT molecular complexity index is 1880. The van der Waals surface area contributed by atoms with Crippen LogP contribution in [0.5, 0.6) is 5.75 Å². The molecule has 2 aromatic carbocycles. The Balaban J connectivity index is 1.59. The van der Waals surface area contributed by atoms with Crippen LogP contribution >= 0.6 is 0 Å². The van der Waals surface area contributed by atoms with Crippen molar-refractivity contribution in [1.82, 2.24) is 9.62 Å². The van der Waals surface area contributed by atoms with E-state index in [0.29, 0.717) is 0 Å². The molecule has 6 atom stereocenters. The van der Waals surface area contributed by atoms with Crippen LogP contribution in [0.25, 0.3) is 5.76 Å². The highest BCUT2D eigenvalue weighted by Crippen LogP contribution is 2.56. The van der Waals surface area contributed by atoms with Crippen LogP contribution in [0.4, 0.5) is 10.5 Å². The zero-order valence-corrected chi connectivity index (χ0v) is 25.8. The second kappa shape index (κ2) is 10.9. The largest absolute Gasteiger partial charge is 0.508 e. The fraction of sp³-hybridized carbons (Fsp3) is 0.333. The first-order chi connectivity index (χ1) is 21.4. The molecule has 3 aliphatic carbocycles. The number of fused-ring (bicyclic) bond motifs is 3. The van der Waals surface area contributed by atoms with Crippen molar-refractivity contribution < 1.29 is 53.1 Å². The molecule has 0 unspecified atom stereocenters. The number of likely N-dealkylation sites (N-methyl/N-ethyl adjacent to an activating group) is 1. The number of primary amides is 1. The molecule has 0 bridgehead atoms. The smallest absolute Gasteiger partial charge is 0.333 e. The van der Waals surface area contributed by atoms with Gasteiger partial charge in [0.05, 0.1) is 34.2 Å². The number of ketones is 2. The first kappa shape index (κ1) is 32.6. The van der Waals surface area contributed by atoms with Crippen LogP contribution in [-0.2, 0) is 24.4 Å². The summed E-state index contributed by atoms with van der Waals surface area (Å²) in [6.07, 6.45) is -1.77. The lowest BCUT2D eigenvalue weighted by Crippen LogP contribution is -2.70. The molecule has 5 rings (SSSR count). The molecule has 0 heterocycles. The van der Waals surface area contributed by atoms with E-state index in [1.165, 1.54) is 55.4 Å². The van der Waals surface area contributed by atoms with Gasteiger partial charge in [0.2, 0.25) is 5.78 Å². The van der Waals surface area contributed by atoms with E-state index in [1.807, 2.05) is 4.72 Å².